The zero-order valence-electron chi connectivity index (χ0n) is 27.5. The van der Waals surface area contributed by atoms with Gasteiger partial charge in [0.1, 0.15) is 0 Å². The topological polar surface area (TPSA) is 4.93 Å². The van der Waals surface area contributed by atoms with Crippen LogP contribution in [0.25, 0.3) is 93.2 Å². The Balaban J connectivity index is 1.23. The number of hydrogen-bond acceptors (Lipinski definition) is 0. The number of rotatable bonds is 4. The molecule has 49 heavy (non-hydrogen) atoms. The van der Waals surface area contributed by atoms with Gasteiger partial charge in [-0.1, -0.05) is 145 Å². The fourth-order valence-electron chi connectivity index (χ4n) is 8.08. The van der Waals surface area contributed by atoms with Crippen molar-refractivity contribution in [2.45, 2.75) is 13.8 Å². The van der Waals surface area contributed by atoms with Crippen molar-refractivity contribution in [1.29, 1.82) is 0 Å². The van der Waals surface area contributed by atoms with Crippen LogP contribution in [0.3, 0.4) is 0 Å². The predicted molar refractivity (Wildman–Crippen MR) is 210 cm³/mol. The van der Waals surface area contributed by atoms with Crippen LogP contribution >= 0.6 is 0 Å². The molecule has 0 saturated carbocycles. The second-order valence-corrected chi connectivity index (χ2v) is 13.5. The van der Waals surface area contributed by atoms with E-state index in [1.54, 1.807) is 0 Å². The molecule has 0 fully saturated rings. The lowest BCUT2D eigenvalue weighted by molar-refractivity contribution is 1.18. The van der Waals surface area contributed by atoms with Crippen molar-refractivity contribution in [3.63, 3.8) is 0 Å². The lowest BCUT2D eigenvalue weighted by atomic mass is 9.84. The molecule has 9 aromatic carbocycles. The average Bonchev–Trinajstić information content (AvgIpc) is 3.49. The number of para-hydroxylation sites is 2. The molecule has 1 heteroatoms. The summed E-state index contributed by atoms with van der Waals surface area (Å²) in [5.74, 6) is 0. The van der Waals surface area contributed by atoms with Gasteiger partial charge in [-0.15, -0.1) is 0 Å². The van der Waals surface area contributed by atoms with Gasteiger partial charge in [0, 0.05) is 16.5 Å². The van der Waals surface area contributed by atoms with Crippen LogP contribution in [0.4, 0.5) is 0 Å². The van der Waals surface area contributed by atoms with Crippen LogP contribution in [0, 0.1) is 13.8 Å². The highest BCUT2D eigenvalue weighted by Crippen LogP contribution is 2.46. The number of nitrogens with zero attached hydrogens (tertiary/aromatic N) is 1. The van der Waals surface area contributed by atoms with Crippen molar-refractivity contribution in [2.24, 2.45) is 0 Å². The first-order valence-electron chi connectivity index (χ1n) is 17.1. The lowest BCUT2D eigenvalue weighted by Gasteiger charge is -2.20. The van der Waals surface area contributed by atoms with E-state index in [9.17, 15) is 0 Å². The molecule has 0 atom stereocenters. The van der Waals surface area contributed by atoms with Crippen LogP contribution in [-0.4, -0.2) is 4.57 Å². The van der Waals surface area contributed by atoms with E-state index in [4.69, 9.17) is 0 Å². The molecule has 0 N–H and O–H groups in total. The average molecular weight is 624 g/mol. The summed E-state index contributed by atoms with van der Waals surface area (Å²) in [5, 5.41) is 10.4. The van der Waals surface area contributed by atoms with Crippen molar-refractivity contribution in [1.82, 2.24) is 4.57 Å². The molecular formula is C48H33N. The molecule has 0 spiro atoms. The minimum atomic E-state index is 1.17. The summed E-state index contributed by atoms with van der Waals surface area (Å²) < 4.78 is 2.39. The summed E-state index contributed by atoms with van der Waals surface area (Å²) in [6.45, 7) is 4.31. The van der Waals surface area contributed by atoms with Crippen LogP contribution in [0.1, 0.15) is 11.1 Å². The molecular weight excluding hydrogens is 591 g/mol. The Bertz CT molecular complexity index is 2800. The van der Waals surface area contributed by atoms with Gasteiger partial charge in [0.2, 0.25) is 0 Å². The van der Waals surface area contributed by atoms with Crippen LogP contribution in [0.15, 0.2) is 164 Å². The second-order valence-electron chi connectivity index (χ2n) is 13.5. The highest BCUT2D eigenvalue weighted by atomic mass is 15.0. The summed E-state index contributed by atoms with van der Waals surface area (Å²) in [5.41, 5.74) is 13.7. The Hall–Kier alpha value is -6.18. The Morgan fingerprint density at radius 2 is 0.796 bits per heavy atom. The minimum absolute atomic E-state index is 1.17. The Morgan fingerprint density at radius 1 is 0.347 bits per heavy atom. The van der Waals surface area contributed by atoms with Crippen LogP contribution in [0.2, 0.25) is 0 Å². The molecule has 1 heterocycles. The molecule has 1 nitrogen and oxygen atoms in total. The van der Waals surface area contributed by atoms with Gasteiger partial charge in [-0.2, -0.15) is 0 Å². The predicted octanol–water partition coefficient (Wildman–Crippen LogP) is 13.3. The SMILES string of the molecule is Cc1ccc(-c2ccc3ccc4c(-c5ccc(C)cc5)cc(-c5ccc(-n6c7ccccc7c7ccccc76)cc5)c5ccc2c3c45)cc1. The van der Waals surface area contributed by atoms with Crippen molar-refractivity contribution in [3.05, 3.63) is 175 Å². The van der Waals surface area contributed by atoms with Gasteiger partial charge in [-0.25, -0.2) is 0 Å². The second kappa shape index (κ2) is 10.7. The number of benzene rings is 9. The number of aromatic nitrogens is 1. The smallest absolute Gasteiger partial charge is 0.0541 e. The van der Waals surface area contributed by atoms with Crippen molar-refractivity contribution in [2.75, 3.05) is 0 Å². The standard InChI is InChI=1S/C48H33N/c1-30-11-15-32(16-12-30)37-25-21-35-22-26-41-43(33-17-13-31(2)14-18-33)29-44(42-28-27-40(37)47(35)48(41)42)34-19-23-36(24-20-34)49-45-9-5-3-7-38(45)39-8-4-6-10-46(39)49/h3-29H,1-2H3. The van der Waals surface area contributed by atoms with E-state index in [-0.39, 0.29) is 0 Å². The molecule has 10 aromatic rings. The number of aryl methyl sites for hydroxylation is 2. The van der Waals surface area contributed by atoms with Crippen LogP contribution in [0.5, 0.6) is 0 Å². The fourth-order valence-corrected chi connectivity index (χ4v) is 8.08. The zero-order valence-corrected chi connectivity index (χ0v) is 27.5. The quantitative estimate of drug-likeness (QED) is 0.172. The Labute approximate surface area is 285 Å². The molecule has 230 valence electrons. The lowest BCUT2D eigenvalue weighted by Crippen LogP contribution is -1.95. The summed E-state index contributed by atoms with van der Waals surface area (Å²) in [6.07, 6.45) is 0. The molecule has 0 unspecified atom stereocenters. The van der Waals surface area contributed by atoms with E-state index in [0.29, 0.717) is 0 Å². The van der Waals surface area contributed by atoms with E-state index in [1.807, 2.05) is 0 Å². The van der Waals surface area contributed by atoms with Gasteiger partial charge in [-0.3, -0.25) is 0 Å². The van der Waals surface area contributed by atoms with Crippen LogP contribution in [-0.2, 0) is 0 Å². The summed E-state index contributed by atoms with van der Waals surface area (Å²) in [7, 11) is 0. The van der Waals surface area contributed by atoms with Gasteiger partial charge >= 0.3 is 0 Å². The normalized spacial score (nSPS) is 11.9. The maximum absolute atomic E-state index is 2.42. The van der Waals surface area contributed by atoms with E-state index >= 15 is 0 Å². The van der Waals surface area contributed by atoms with E-state index in [1.165, 1.54) is 104 Å². The van der Waals surface area contributed by atoms with E-state index in [2.05, 4.69) is 182 Å². The van der Waals surface area contributed by atoms with Gasteiger partial charge in [0.05, 0.1) is 11.0 Å². The molecule has 0 amide bonds. The molecule has 0 aliphatic rings. The number of hydrogen-bond donors (Lipinski definition) is 0. The largest absolute Gasteiger partial charge is 0.309 e. The molecule has 1 aromatic heterocycles. The zero-order chi connectivity index (χ0) is 32.6. The van der Waals surface area contributed by atoms with E-state index < -0.39 is 0 Å². The number of fused-ring (bicyclic) bond motifs is 3. The van der Waals surface area contributed by atoms with Gasteiger partial charge < -0.3 is 4.57 Å². The molecule has 0 saturated heterocycles. The van der Waals surface area contributed by atoms with Crippen molar-refractivity contribution >= 4 is 54.1 Å². The Morgan fingerprint density at radius 3 is 1.37 bits per heavy atom. The first-order valence-corrected chi connectivity index (χ1v) is 17.1. The minimum Gasteiger partial charge on any atom is -0.309 e. The molecule has 0 aliphatic carbocycles. The third kappa shape index (κ3) is 4.26. The third-order valence-corrected chi connectivity index (χ3v) is 10.5. The highest BCUT2D eigenvalue weighted by Gasteiger charge is 2.19. The maximum Gasteiger partial charge on any atom is 0.0541 e. The molecule has 0 radical (unpaired) electrons. The highest BCUT2D eigenvalue weighted by molar-refractivity contribution is 6.30. The summed E-state index contributed by atoms with van der Waals surface area (Å²) in [4.78, 5) is 0. The molecule has 0 bridgehead atoms. The van der Waals surface area contributed by atoms with Gasteiger partial charge in [0.15, 0.2) is 0 Å². The van der Waals surface area contributed by atoms with Crippen molar-refractivity contribution < 1.29 is 0 Å². The molecule has 10 rings (SSSR count). The molecule has 0 aliphatic heterocycles. The Kier molecular flexibility index (Phi) is 6.07. The maximum atomic E-state index is 2.42. The van der Waals surface area contributed by atoms with E-state index in [0.717, 1.165) is 0 Å². The van der Waals surface area contributed by atoms with Gasteiger partial charge in [-0.05, 0) is 110 Å². The monoisotopic (exact) mass is 623 g/mol. The summed E-state index contributed by atoms with van der Waals surface area (Å²) in [6, 6.07) is 60.9. The van der Waals surface area contributed by atoms with Crippen LogP contribution < -0.4 is 0 Å². The summed E-state index contributed by atoms with van der Waals surface area (Å²) >= 11 is 0. The fraction of sp³-hybridized carbons (Fsp3) is 0.0417. The first kappa shape index (κ1) is 27.9. The van der Waals surface area contributed by atoms with Gasteiger partial charge in [0.25, 0.3) is 0 Å². The van der Waals surface area contributed by atoms with Crippen molar-refractivity contribution in [3.8, 4) is 39.1 Å². The third-order valence-electron chi connectivity index (χ3n) is 10.5. The first-order chi connectivity index (χ1) is 24.1.